The second-order valence-electron chi connectivity index (χ2n) is 8.60. The molecule has 0 bridgehead atoms. The minimum atomic E-state index is -0.752. The van der Waals surface area contributed by atoms with Crippen LogP contribution >= 0.6 is 9.03 Å². The van der Waals surface area contributed by atoms with E-state index in [-0.39, 0.29) is 30.6 Å². The first-order valence-corrected chi connectivity index (χ1v) is 13.1. The maximum Gasteiger partial charge on any atom is 0.261 e. The van der Waals surface area contributed by atoms with Crippen molar-refractivity contribution in [1.82, 2.24) is 14.5 Å². The maximum absolute atomic E-state index is 11.9. The van der Waals surface area contributed by atoms with Crippen molar-refractivity contribution in [3.63, 3.8) is 0 Å². The Hall–Kier alpha value is -2.37. The summed E-state index contributed by atoms with van der Waals surface area (Å²) in [5.74, 6) is -0.224. The van der Waals surface area contributed by atoms with E-state index in [1.165, 1.54) is 11.1 Å². The zero-order valence-corrected chi connectivity index (χ0v) is 22.9. The van der Waals surface area contributed by atoms with Crippen LogP contribution in [0.1, 0.15) is 56.2 Å². The fraction of sp³-hybridized carbons (Fsp3) is 0.520. The van der Waals surface area contributed by atoms with Gasteiger partial charge in [-0.3, -0.25) is 9.78 Å². The van der Waals surface area contributed by atoms with Crippen LogP contribution in [0.4, 0.5) is 5.95 Å². The predicted octanol–water partition coefficient (Wildman–Crippen LogP) is 2.46. The average Bonchev–Trinajstić information content (AvgIpc) is 3.42. The SMILES string of the molecule is CC.CC1C(O)C(COPO)OC1n1ccc2c(=O)[nH]c(N)nc21.Cc1ccc(C(O)CCO)cc1C. The van der Waals surface area contributed by atoms with Crippen LogP contribution in [0.5, 0.6) is 0 Å². The molecule has 1 aliphatic heterocycles. The van der Waals surface area contributed by atoms with Gasteiger partial charge in [0.1, 0.15) is 12.3 Å². The molecular formula is C25H39N4O7P. The van der Waals surface area contributed by atoms with E-state index < -0.39 is 33.6 Å². The van der Waals surface area contributed by atoms with Crippen molar-refractivity contribution in [3.8, 4) is 0 Å². The Morgan fingerprint density at radius 3 is 2.59 bits per heavy atom. The molecule has 1 fully saturated rings. The molecule has 37 heavy (non-hydrogen) atoms. The van der Waals surface area contributed by atoms with Crippen molar-refractivity contribution in [1.29, 1.82) is 0 Å². The van der Waals surface area contributed by atoms with Crippen LogP contribution < -0.4 is 11.3 Å². The Balaban J connectivity index is 0.000000275. The molecule has 0 spiro atoms. The van der Waals surface area contributed by atoms with E-state index >= 15 is 0 Å². The van der Waals surface area contributed by atoms with Crippen LogP contribution in [-0.2, 0) is 9.26 Å². The van der Waals surface area contributed by atoms with Gasteiger partial charge in [0.15, 0.2) is 14.7 Å². The molecule has 3 heterocycles. The Kier molecular flexibility index (Phi) is 12.1. The van der Waals surface area contributed by atoms with E-state index in [9.17, 15) is 15.0 Å². The first kappa shape index (κ1) is 30.9. The highest BCUT2D eigenvalue weighted by molar-refractivity contribution is 7.24. The van der Waals surface area contributed by atoms with Gasteiger partial charge in [-0.25, -0.2) is 0 Å². The van der Waals surface area contributed by atoms with E-state index in [2.05, 4.69) is 9.97 Å². The number of aliphatic hydroxyl groups excluding tert-OH is 3. The fourth-order valence-corrected chi connectivity index (χ4v) is 4.23. The number of fused-ring (bicyclic) bond motifs is 1. The van der Waals surface area contributed by atoms with Crippen molar-refractivity contribution >= 4 is 26.0 Å². The van der Waals surface area contributed by atoms with Crippen LogP contribution in [0.3, 0.4) is 0 Å². The van der Waals surface area contributed by atoms with Crippen molar-refractivity contribution in [3.05, 3.63) is 57.5 Å². The molecule has 1 aliphatic rings. The van der Waals surface area contributed by atoms with Gasteiger partial charge in [0.05, 0.1) is 24.2 Å². The molecule has 0 amide bonds. The number of nitrogen functional groups attached to an aromatic ring is 1. The first-order chi connectivity index (χ1) is 17.7. The van der Waals surface area contributed by atoms with Crippen LogP contribution in [0.15, 0.2) is 35.3 Å². The summed E-state index contributed by atoms with van der Waals surface area (Å²) >= 11 is 0. The number of hydrogen-bond acceptors (Lipinski definition) is 9. The maximum atomic E-state index is 11.9. The largest absolute Gasteiger partial charge is 0.396 e. The van der Waals surface area contributed by atoms with Crippen LogP contribution in [-0.4, -0.2) is 60.2 Å². The second kappa shape index (κ2) is 14.5. The molecule has 12 heteroatoms. The number of H-pyrrole nitrogens is 1. The molecule has 1 saturated heterocycles. The summed E-state index contributed by atoms with van der Waals surface area (Å²) < 4.78 is 12.4. The molecule has 3 aromatic rings. The molecule has 206 valence electrons. The monoisotopic (exact) mass is 538 g/mol. The summed E-state index contributed by atoms with van der Waals surface area (Å²) in [4.78, 5) is 27.2. The van der Waals surface area contributed by atoms with Gasteiger partial charge < -0.3 is 39.8 Å². The number of rotatable bonds is 7. The second-order valence-corrected chi connectivity index (χ2v) is 9.07. The lowest BCUT2D eigenvalue weighted by Gasteiger charge is -2.18. The van der Waals surface area contributed by atoms with Gasteiger partial charge in [-0.05, 0) is 36.6 Å². The Labute approximate surface area is 218 Å². The molecule has 11 nitrogen and oxygen atoms in total. The number of nitrogens with zero attached hydrogens (tertiary/aromatic N) is 2. The number of aliphatic hydroxyl groups is 3. The molecule has 6 unspecified atom stereocenters. The summed E-state index contributed by atoms with van der Waals surface area (Å²) in [6.45, 7) is 10.0. The Morgan fingerprint density at radius 1 is 1.27 bits per heavy atom. The average molecular weight is 539 g/mol. The van der Waals surface area contributed by atoms with Crippen LogP contribution in [0.2, 0.25) is 0 Å². The van der Waals surface area contributed by atoms with Crippen molar-refractivity contribution in [2.24, 2.45) is 5.92 Å². The topological polar surface area (TPSA) is 176 Å². The molecule has 7 N–H and O–H groups in total. The predicted molar refractivity (Wildman–Crippen MR) is 144 cm³/mol. The van der Waals surface area contributed by atoms with Crippen molar-refractivity contribution in [2.75, 3.05) is 18.9 Å². The zero-order valence-electron chi connectivity index (χ0n) is 21.9. The van der Waals surface area contributed by atoms with E-state index in [1.807, 2.05) is 52.8 Å². The van der Waals surface area contributed by atoms with E-state index in [0.717, 1.165) is 5.56 Å². The number of benzene rings is 1. The molecular weight excluding hydrogens is 499 g/mol. The minimum absolute atomic E-state index is 0.0185. The normalized spacial score (nSPS) is 22.0. The van der Waals surface area contributed by atoms with Gasteiger partial charge in [0, 0.05) is 25.1 Å². The number of aryl methyl sites for hydroxylation is 2. The highest BCUT2D eigenvalue weighted by atomic mass is 31.1. The molecule has 6 atom stereocenters. The summed E-state index contributed by atoms with van der Waals surface area (Å²) in [5, 5.41) is 28.9. The van der Waals surface area contributed by atoms with Gasteiger partial charge >= 0.3 is 0 Å². The number of ether oxygens (including phenoxy) is 1. The lowest BCUT2D eigenvalue weighted by molar-refractivity contribution is -0.0385. The van der Waals surface area contributed by atoms with Gasteiger partial charge in [0.2, 0.25) is 5.95 Å². The third-order valence-electron chi connectivity index (χ3n) is 6.19. The molecule has 4 rings (SSSR count). The van der Waals surface area contributed by atoms with E-state index in [4.69, 9.17) is 25.0 Å². The minimum Gasteiger partial charge on any atom is -0.396 e. The number of hydrogen-bond donors (Lipinski definition) is 6. The summed E-state index contributed by atoms with van der Waals surface area (Å²) in [7, 11) is -0.660. The first-order valence-electron chi connectivity index (χ1n) is 12.2. The zero-order chi connectivity index (χ0) is 27.7. The Morgan fingerprint density at radius 2 is 1.97 bits per heavy atom. The summed E-state index contributed by atoms with van der Waals surface area (Å²) in [6.07, 6.45) is -0.268. The third-order valence-corrected chi connectivity index (χ3v) is 6.48. The summed E-state index contributed by atoms with van der Waals surface area (Å²) in [6, 6.07) is 7.49. The number of anilines is 1. The highest BCUT2D eigenvalue weighted by Crippen LogP contribution is 2.36. The number of nitrogens with two attached hydrogens (primary N) is 1. The van der Waals surface area contributed by atoms with Crippen molar-refractivity contribution in [2.45, 2.75) is 65.6 Å². The smallest absolute Gasteiger partial charge is 0.261 e. The fourth-order valence-electron chi connectivity index (χ4n) is 3.99. The van der Waals surface area contributed by atoms with Gasteiger partial charge in [-0.15, -0.1) is 0 Å². The Bertz CT molecular complexity index is 1190. The molecule has 0 aliphatic carbocycles. The van der Waals surface area contributed by atoms with E-state index in [0.29, 0.717) is 17.5 Å². The lowest BCUT2D eigenvalue weighted by atomic mass is 10.0. The van der Waals surface area contributed by atoms with Gasteiger partial charge in [0.25, 0.3) is 5.56 Å². The highest BCUT2D eigenvalue weighted by Gasteiger charge is 2.42. The lowest BCUT2D eigenvalue weighted by Crippen LogP contribution is -2.28. The number of nitrogens with one attached hydrogen (secondary N) is 1. The number of aromatic nitrogens is 3. The van der Waals surface area contributed by atoms with E-state index in [1.54, 1.807) is 16.8 Å². The molecule has 0 radical (unpaired) electrons. The molecule has 2 aromatic heterocycles. The van der Waals surface area contributed by atoms with Gasteiger partial charge in [-0.2, -0.15) is 4.98 Å². The van der Waals surface area contributed by atoms with Gasteiger partial charge in [-0.1, -0.05) is 39.0 Å². The van der Waals surface area contributed by atoms with Crippen molar-refractivity contribution < 1.29 is 29.5 Å². The van der Waals surface area contributed by atoms with Crippen LogP contribution in [0, 0.1) is 19.8 Å². The quantitative estimate of drug-likeness (QED) is 0.247. The molecule has 1 aromatic carbocycles. The molecule has 0 saturated carbocycles. The summed E-state index contributed by atoms with van der Waals surface area (Å²) in [5.41, 5.74) is 8.95. The third kappa shape index (κ3) is 7.58. The van der Waals surface area contributed by atoms with Crippen LogP contribution in [0.25, 0.3) is 11.0 Å². The standard InChI is InChI=1S/C12H17N4O5P.C11H16O2.C2H6/c1-5-8(17)7(4-20-22-19)21-11(5)16-3-2-6-9(16)14-12(13)15-10(6)18;1-8-3-4-10(7-9(8)2)11(13)5-6-12;1-2/h2-3,5,7-8,11,17,19,22H,4H2,1H3,(H3,13,14,15,18);3-4,7,11-13H,5-6H2,1-2H3;1-2H3. The number of aromatic amines is 1.